The number of nitrogens with one attached hydrogen (secondary N) is 1. The molecule has 1 aromatic carbocycles. The molecule has 8 heteroatoms. The fraction of sp³-hybridized carbons (Fsp3) is 0.625. The standard InChI is InChI=1S/C16H23FN2O4S/c1-19(2)15-14(13-7-8-23-16(13)15)18-24(20,21)10-9-22-12-5-3-11(17)4-6-12/h3-6,13-16,18H,7-10H2,1-2H3/t13-,14+,15-,16-/m0/s1. The van der Waals surface area contributed by atoms with Crippen LogP contribution in [-0.4, -0.2) is 64.6 Å². The Balaban J connectivity index is 1.53. The summed E-state index contributed by atoms with van der Waals surface area (Å²) in [6.07, 6.45) is 0.997. The van der Waals surface area contributed by atoms with Gasteiger partial charge >= 0.3 is 0 Å². The zero-order valence-electron chi connectivity index (χ0n) is 13.8. The summed E-state index contributed by atoms with van der Waals surface area (Å²) >= 11 is 0. The van der Waals surface area contributed by atoms with Crippen molar-refractivity contribution in [2.24, 2.45) is 5.92 Å². The van der Waals surface area contributed by atoms with E-state index in [4.69, 9.17) is 9.47 Å². The lowest BCUT2D eigenvalue weighted by Crippen LogP contribution is -2.69. The van der Waals surface area contributed by atoms with Crippen molar-refractivity contribution in [2.75, 3.05) is 33.1 Å². The van der Waals surface area contributed by atoms with Gasteiger partial charge in [0.15, 0.2) is 0 Å². The van der Waals surface area contributed by atoms with E-state index in [2.05, 4.69) is 4.72 Å². The van der Waals surface area contributed by atoms with Gasteiger partial charge in [-0.2, -0.15) is 0 Å². The molecule has 2 fully saturated rings. The lowest BCUT2D eigenvalue weighted by atomic mass is 9.71. The zero-order valence-corrected chi connectivity index (χ0v) is 14.6. The first-order chi connectivity index (χ1) is 11.4. The molecule has 0 aromatic heterocycles. The molecule has 1 N–H and O–H groups in total. The van der Waals surface area contributed by atoms with Gasteiger partial charge in [-0.15, -0.1) is 0 Å². The summed E-state index contributed by atoms with van der Waals surface area (Å²) in [5.74, 6) is 0.194. The molecule has 134 valence electrons. The maximum atomic E-state index is 12.8. The Labute approximate surface area is 142 Å². The van der Waals surface area contributed by atoms with Crippen LogP contribution >= 0.6 is 0 Å². The SMILES string of the molecule is CN(C)[C@H]1[C@H](NS(=O)(=O)CCOc2ccc(F)cc2)[C@@H]2CCO[C@@H]21. The second kappa shape index (κ2) is 6.95. The van der Waals surface area contributed by atoms with Gasteiger partial charge in [0.25, 0.3) is 0 Å². The summed E-state index contributed by atoms with van der Waals surface area (Å²) in [7, 11) is 0.408. The number of rotatable bonds is 7. The van der Waals surface area contributed by atoms with Crippen molar-refractivity contribution in [3.05, 3.63) is 30.1 Å². The molecule has 1 heterocycles. The van der Waals surface area contributed by atoms with E-state index in [0.29, 0.717) is 12.4 Å². The smallest absolute Gasteiger partial charge is 0.215 e. The molecular formula is C16H23FN2O4S. The van der Waals surface area contributed by atoms with Crippen LogP contribution in [0.15, 0.2) is 24.3 Å². The number of fused-ring (bicyclic) bond motifs is 1. The Bertz CT molecular complexity index is 665. The first-order valence-electron chi connectivity index (χ1n) is 8.04. The van der Waals surface area contributed by atoms with Gasteiger partial charge in [0.05, 0.1) is 17.9 Å². The Kier molecular flexibility index (Phi) is 5.10. The molecule has 4 atom stereocenters. The van der Waals surface area contributed by atoms with Crippen molar-refractivity contribution in [1.29, 1.82) is 0 Å². The fourth-order valence-corrected chi connectivity index (χ4v) is 4.66. The monoisotopic (exact) mass is 358 g/mol. The minimum Gasteiger partial charge on any atom is -0.492 e. The highest BCUT2D eigenvalue weighted by Gasteiger charge is 2.55. The van der Waals surface area contributed by atoms with Crippen LogP contribution in [0.3, 0.4) is 0 Å². The van der Waals surface area contributed by atoms with Crippen LogP contribution in [0.4, 0.5) is 4.39 Å². The van der Waals surface area contributed by atoms with Gasteiger partial charge in [0.2, 0.25) is 10.0 Å². The number of hydrogen-bond donors (Lipinski definition) is 1. The summed E-state index contributed by atoms with van der Waals surface area (Å²) in [4.78, 5) is 2.01. The molecule has 1 aliphatic carbocycles. The van der Waals surface area contributed by atoms with Crippen LogP contribution in [0.1, 0.15) is 6.42 Å². The molecule has 2 aliphatic rings. The molecule has 1 saturated heterocycles. The van der Waals surface area contributed by atoms with Crippen LogP contribution in [0.2, 0.25) is 0 Å². The third-order valence-corrected chi connectivity index (χ3v) is 6.03. The third-order valence-electron chi connectivity index (χ3n) is 4.70. The fourth-order valence-electron chi connectivity index (χ4n) is 3.51. The van der Waals surface area contributed by atoms with E-state index in [1.807, 2.05) is 19.0 Å². The number of sulfonamides is 1. The van der Waals surface area contributed by atoms with Crippen molar-refractivity contribution in [2.45, 2.75) is 24.6 Å². The minimum atomic E-state index is -3.46. The van der Waals surface area contributed by atoms with E-state index < -0.39 is 10.0 Å². The lowest BCUT2D eigenvalue weighted by molar-refractivity contribution is -0.0626. The van der Waals surface area contributed by atoms with E-state index in [-0.39, 0.29) is 42.3 Å². The van der Waals surface area contributed by atoms with E-state index in [1.165, 1.54) is 24.3 Å². The highest BCUT2D eigenvalue weighted by molar-refractivity contribution is 7.89. The maximum Gasteiger partial charge on any atom is 0.215 e. The van der Waals surface area contributed by atoms with E-state index >= 15 is 0 Å². The highest BCUT2D eigenvalue weighted by Crippen LogP contribution is 2.41. The van der Waals surface area contributed by atoms with Crippen molar-refractivity contribution in [3.63, 3.8) is 0 Å². The van der Waals surface area contributed by atoms with E-state index in [9.17, 15) is 12.8 Å². The van der Waals surface area contributed by atoms with Gasteiger partial charge in [0.1, 0.15) is 18.2 Å². The van der Waals surface area contributed by atoms with Crippen molar-refractivity contribution in [1.82, 2.24) is 9.62 Å². The predicted molar refractivity (Wildman–Crippen MR) is 87.9 cm³/mol. The summed E-state index contributed by atoms with van der Waals surface area (Å²) in [5.41, 5.74) is 0. The number of halogens is 1. The molecule has 1 aromatic rings. The molecule has 0 radical (unpaired) electrons. The first kappa shape index (κ1) is 17.6. The quantitative estimate of drug-likeness (QED) is 0.782. The van der Waals surface area contributed by atoms with Crippen LogP contribution in [0, 0.1) is 11.7 Å². The molecule has 0 spiro atoms. The van der Waals surface area contributed by atoms with Crippen molar-refractivity contribution < 1.29 is 22.3 Å². The van der Waals surface area contributed by atoms with Crippen molar-refractivity contribution >= 4 is 10.0 Å². The summed E-state index contributed by atoms with van der Waals surface area (Å²) in [5, 5.41) is 0. The topological polar surface area (TPSA) is 67.9 Å². The molecule has 1 aliphatic heterocycles. The summed E-state index contributed by atoms with van der Waals surface area (Å²) in [6, 6.07) is 5.44. The Morgan fingerprint density at radius 2 is 2.04 bits per heavy atom. The number of benzene rings is 1. The number of ether oxygens (including phenoxy) is 2. The Hall–Kier alpha value is -1.22. The molecule has 0 unspecified atom stereocenters. The third kappa shape index (κ3) is 3.72. The second-order valence-corrected chi connectivity index (χ2v) is 8.38. The van der Waals surface area contributed by atoms with Gasteiger partial charge in [-0.1, -0.05) is 0 Å². The van der Waals surface area contributed by atoms with E-state index in [0.717, 1.165) is 6.42 Å². The van der Waals surface area contributed by atoms with Crippen molar-refractivity contribution in [3.8, 4) is 5.75 Å². The van der Waals surface area contributed by atoms with Gasteiger partial charge in [-0.05, 0) is 44.8 Å². The number of hydrogen-bond acceptors (Lipinski definition) is 5. The molecule has 6 nitrogen and oxygen atoms in total. The molecule has 0 amide bonds. The normalized spacial score (nSPS) is 29.3. The minimum absolute atomic E-state index is 0.0188. The maximum absolute atomic E-state index is 12.8. The largest absolute Gasteiger partial charge is 0.492 e. The first-order valence-corrected chi connectivity index (χ1v) is 9.69. The predicted octanol–water partition coefficient (Wildman–Crippen LogP) is 0.841. The Morgan fingerprint density at radius 3 is 2.71 bits per heavy atom. The molecule has 24 heavy (non-hydrogen) atoms. The van der Waals surface area contributed by atoms with Gasteiger partial charge in [-0.25, -0.2) is 17.5 Å². The van der Waals surface area contributed by atoms with Gasteiger partial charge in [-0.3, -0.25) is 0 Å². The van der Waals surface area contributed by atoms with Crippen LogP contribution < -0.4 is 9.46 Å². The highest BCUT2D eigenvalue weighted by atomic mass is 32.2. The zero-order chi connectivity index (χ0) is 17.3. The van der Waals surface area contributed by atoms with Crippen LogP contribution in [0.25, 0.3) is 0 Å². The number of nitrogens with zero attached hydrogens (tertiary/aromatic N) is 1. The average Bonchev–Trinajstić information content (AvgIpc) is 2.90. The summed E-state index contributed by atoms with van der Waals surface area (Å²) in [6.45, 7) is 0.705. The van der Waals surface area contributed by atoms with Crippen LogP contribution in [-0.2, 0) is 14.8 Å². The second-order valence-electron chi connectivity index (χ2n) is 6.51. The molecule has 1 saturated carbocycles. The van der Waals surface area contributed by atoms with Gasteiger partial charge < -0.3 is 14.4 Å². The number of likely N-dealkylation sites (N-methyl/N-ethyl adjacent to an activating group) is 1. The molecular weight excluding hydrogens is 335 g/mol. The van der Waals surface area contributed by atoms with Crippen LogP contribution in [0.5, 0.6) is 5.75 Å². The summed E-state index contributed by atoms with van der Waals surface area (Å²) < 4.78 is 51.3. The lowest BCUT2D eigenvalue weighted by Gasteiger charge is -2.50. The average molecular weight is 358 g/mol. The van der Waals surface area contributed by atoms with E-state index in [1.54, 1.807) is 0 Å². The van der Waals surface area contributed by atoms with Gasteiger partial charge in [0, 0.05) is 18.6 Å². The molecule has 0 bridgehead atoms. The Morgan fingerprint density at radius 1 is 1.33 bits per heavy atom. The molecule has 3 rings (SSSR count).